The summed E-state index contributed by atoms with van der Waals surface area (Å²) in [6.07, 6.45) is -4.12. The number of amides is 1. The van der Waals surface area contributed by atoms with Crippen LogP contribution in [0.4, 0.5) is 0 Å². The SMILES string of the molecule is COP(=O)(OC)OP(=O)(OC)OP(=O)(OC)OC[C@H]1O[C@@H](n2cc(C#CCCC(=O)NCCCC=O)c(=O)[nH]c2=O)[C@@H](O)C1O. The first-order valence-electron chi connectivity index (χ1n) is 12.9. The largest absolute Gasteiger partial charge is 0.492 e. The van der Waals surface area contributed by atoms with E-state index in [1.807, 2.05) is 4.98 Å². The van der Waals surface area contributed by atoms with Gasteiger partial charge in [0, 0.05) is 60.4 Å². The van der Waals surface area contributed by atoms with Crippen LogP contribution in [0.25, 0.3) is 0 Å². The number of hydrogen-bond donors (Lipinski definition) is 4. The lowest BCUT2D eigenvalue weighted by molar-refractivity contribution is -0.121. The molecule has 1 aliphatic rings. The number of ether oxygens (including phenoxy) is 1. The molecule has 20 nitrogen and oxygen atoms in total. The molecule has 2 heterocycles. The topological polar surface area (TPSA) is 267 Å². The van der Waals surface area contributed by atoms with E-state index in [2.05, 4.69) is 39.6 Å². The molecule has 0 radical (unpaired) electrons. The van der Waals surface area contributed by atoms with E-state index < -0.39 is 65.9 Å². The summed E-state index contributed by atoms with van der Waals surface area (Å²) in [6.45, 7) is -0.542. The van der Waals surface area contributed by atoms with Gasteiger partial charge in [-0.05, 0) is 6.42 Å². The second-order valence-corrected chi connectivity index (χ2v) is 14.5. The van der Waals surface area contributed by atoms with Gasteiger partial charge in [-0.1, -0.05) is 11.8 Å². The first kappa shape index (κ1) is 38.9. The van der Waals surface area contributed by atoms with Gasteiger partial charge in [0.2, 0.25) is 5.91 Å². The van der Waals surface area contributed by atoms with Crippen molar-refractivity contribution in [2.45, 2.75) is 50.2 Å². The number of nitrogens with one attached hydrogen (secondary N) is 2. The molecule has 0 aliphatic carbocycles. The predicted octanol–water partition coefficient (Wildman–Crippen LogP) is 0.343. The molecular weight excluding hydrogens is 671 g/mol. The van der Waals surface area contributed by atoms with Gasteiger partial charge in [-0.2, -0.15) is 8.62 Å². The van der Waals surface area contributed by atoms with Crippen molar-refractivity contribution in [1.82, 2.24) is 14.9 Å². The molecule has 45 heavy (non-hydrogen) atoms. The molecule has 0 saturated carbocycles. The standard InChI is InChI=1S/C22H34N3O17P3/c1-35-43(32,36-2)41-45(34,38-4)42-44(33,37-3)39-14-16-18(28)19(29)21(40-16)25-13-15(20(30)24-22(25)31)9-5-6-10-17(27)23-11-7-8-12-26/h12-13,16,18-19,21,28-29H,6-8,10-11,14H2,1-4H3,(H,23,27)(H,24,30,31)/t16-,18?,19+,21-,44?,45?/m1/s1. The molecule has 1 aliphatic heterocycles. The summed E-state index contributed by atoms with van der Waals surface area (Å²) in [4.78, 5) is 48.9. The quantitative estimate of drug-likeness (QED) is 0.0694. The Labute approximate surface area is 256 Å². The van der Waals surface area contributed by atoms with Gasteiger partial charge in [0.25, 0.3) is 5.56 Å². The van der Waals surface area contributed by atoms with E-state index in [-0.39, 0.29) is 24.3 Å². The molecule has 23 heteroatoms. The Kier molecular flexibility index (Phi) is 15.2. The highest BCUT2D eigenvalue weighted by Gasteiger charge is 2.48. The highest BCUT2D eigenvalue weighted by molar-refractivity contribution is 7.67. The number of phosphoric ester groups is 2. The summed E-state index contributed by atoms with van der Waals surface area (Å²) < 4.78 is 76.8. The fraction of sp³-hybridized carbons (Fsp3) is 0.636. The molecular formula is C22H34N3O17P3. The number of H-pyrrole nitrogens is 1. The maximum Gasteiger partial charge on any atom is 0.492 e. The van der Waals surface area contributed by atoms with E-state index in [0.717, 1.165) is 45.5 Å². The minimum atomic E-state index is -4.99. The number of aromatic amines is 1. The molecule has 1 aromatic rings. The van der Waals surface area contributed by atoms with Crippen LogP contribution in [-0.2, 0) is 59.3 Å². The molecule has 1 aromatic heterocycles. The van der Waals surface area contributed by atoms with Crippen LogP contribution in [0.1, 0.15) is 37.5 Å². The summed E-state index contributed by atoms with van der Waals surface area (Å²) in [6, 6.07) is 0. The van der Waals surface area contributed by atoms with Crippen LogP contribution >= 0.6 is 23.5 Å². The van der Waals surface area contributed by atoms with Gasteiger partial charge in [0.1, 0.15) is 30.2 Å². The van der Waals surface area contributed by atoms with Crippen LogP contribution in [0.2, 0.25) is 0 Å². The van der Waals surface area contributed by atoms with Gasteiger partial charge in [-0.25, -0.2) is 18.5 Å². The average Bonchev–Trinajstić information content (AvgIpc) is 3.29. The van der Waals surface area contributed by atoms with Crippen LogP contribution in [0, 0.1) is 11.8 Å². The number of carbonyl (C=O) groups is 2. The van der Waals surface area contributed by atoms with Crippen molar-refractivity contribution in [1.29, 1.82) is 0 Å². The predicted molar refractivity (Wildman–Crippen MR) is 151 cm³/mol. The van der Waals surface area contributed by atoms with E-state index in [1.54, 1.807) is 0 Å². The second-order valence-electron chi connectivity index (χ2n) is 8.75. The van der Waals surface area contributed by atoms with Crippen LogP contribution in [-0.4, -0.2) is 91.9 Å². The summed E-state index contributed by atoms with van der Waals surface area (Å²) in [5.41, 5.74) is -2.14. The molecule has 4 N–H and O–H groups in total. The summed E-state index contributed by atoms with van der Waals surface area (Å²) in [5.74, 6) is 4.82. The van der Waals surface area contributed by atoms with Crippen molar-refractivity contribution in [3.05, 3.63) is 32.6 Å². The van der Waals surface area contributed by atoms with Crippen molar-refractivity contribution in [3.63, 3.8) is 0 Å². The maximum absolute atomic E-state index is 13.0. The molecule has 1 saturated heterocycles. The fourth-order valence-corrected chi connectivity index (χ4v) is 7.89. The fourth-order valence-electron chi connectivity index (χ4n) is 3.44. The van der Waals surface area contributed by atoms with Gasteiger partial charge < -0.3 is 25.1 Å². The Bertz CT molecular complexity index is 1490. The highest BCUT2D eigenvalue weighted by atomic mass is 31.3. The van der Waals surface area contributed by atoms with Crippen LogP contribution in [0.5, 0.6) is 0 Å². The van der Waals surface area contributed by atoms with Gasteiger partial charge in [0.15, 0.2) is 6.23 Å². The first-order chi connectivity index (χ1) is 21.2. The number of aldehydes is 1. The third-order valence-corrected chi connectivity index (χ3v) is 11.2. The third-order valence-electron chi connectivity index (χ3n) is 5.79. The van der Waals surface area contributed by atoms with Gasteiger partial charge >= 0.3 is 29.2 Å². The molecule has 0 aromatic carbocycles. The van der Waals surface area contributed by atoms with E-state index in [0.29, 0.717) is 19.4 Å². The lowest BCUT2D eigenvalue weighted by Gasteiger charge is -2.24. The lowest BCUT2D eigenvalue weighted by Crippen LogP contribution is -2.38. The van der Waals surface area contributed by atoms with Gasteiger partial charge in [-0.15, -0.1) is 0 Å². The number of nitrogens with zero attached hydrogens (tertiary/aromatic N) is 1. The number of aliphatic hydroxyl groups excluding tert-OH is 2. The van der Waals surface area contributed by atoms with E-state index >= 15 is 0 Å². The van der Waals surface area contributed by atoms with E-state index in [9.17, 15) is 43.1 Å². The third kappa shape index (κ3) is 11.2. The number of unbranched alkanes of at least 4 members (excludes halogenated alkanes) is 1. The lowest BCUT2D eigenvalue weighted by atomic mass is 10.1. The smallest absolute Gasteiger partial charge is 0.387 e. The normalized spacial score (nSPS) is 22.5. The number of aromatic nitrogens is 2. The molecule has 1 fully saturated rings. The average molecular weight is 705 g/mol. The summed E-state index contributed by atoms with van der Waals surface area (Å²) in [5, 5.41) is 23.7. The Balaban J connectivity index is 2.13. The molecule has 1 amide bonds. The molecule has 254 valence electrons. The van der Waals surface area contributed by atoms with Crippen molar-refractivity contribution in [2.75, 3.05) is 41.6 Å². The first-order valence-corrected chi connectivity index (χ1v) is 17.2. The monoisotopic (exact) mass is 705 g/mol. The van der Waals surface area contributed by atoms with Gasteiger partial charge in [0.05, 0.1) is 6.61 Å². The number of hydrogen-bond acceptors (Lipinski definition) is 17. The number of phosphoric acid groups is 3. The van der Waals surface area contributed by atoms with Crippen LogP contribution in [0.15, 0.2) is 15.8 Å². The maximum atomic E-state index is 13.0. The molecule has 3 unspecified atom stereocenters. The zero-order valence-electron chi connectivity index (χ0n) is 24.5. The zero-order chi connectivity index (χ0) is 33.8. The summed E-state index contributed by atoms with van der Waals surface area (Å²) in [7, 11) is -11.0. The van der Waals surface area contributed by atoms with Crippen molar-refractivity contribution in [2.24, 2.45) is 0 Å². The Hall–Kier alpha value is -2.33. The van der Waals surface area contributed by atoms with Crippen molar-refractivity contribution < 1.29 is 69.5 Å². The van der Waals surface area contributed by atoms with E-state index in [1.165, 1.54) is 0 Å². The minimum Gasteiger partial charge on any atom is -0.387 e. The zero-order valence-corrected chi connectivity index (χ0v) is 27.2. The molecule has 6 atom stereocenters. The summed E-state index contributed by atoms with van der Waals surface area (Å²) >= 11 is 0. The number of aliphatic hydroxyl groups is 2. The van der Waals surface area contributed by atoms with E-state index in [4.69, 9.17) is 13.6 Å². The Morgan fingerprint density at radius 1 is 1.04 bits per heavy atom. The second kappa shape index (κ2) is 17.5. The minimum absolute atomic E-state index is 0.00301. The van der Waals surface area contributed by atoms with Crippen LogP contribution < -0.4 is 16.6 Å². The Morgan fingerprint density at radius 2 is 1.67 bits per heavy atom. The molecule has 2 rings (SSSR count). The van der Waals surface area contributed by atoms with Crippen molar-refractivity contribution in [3.8, 4) is 11.8 Å². The molecule has 0 spiro atoms. The number of rotatable bonds is 18. The Morgan fingerprint density at radius 3 is 2.27 bits per heavy atom. The highest BCUT2D eigenvalue weighted by Crippen LogP contribution is 2.72. The van der Waals surface area contributed by atoms with Crippen molar-refractivity contribution >= 4 is 35.7 Å². The van der Waals surface area contributed by atoms with Gasteiger partial charge in [-0.3, -0.25) is 41.8 Å². The molecule has 0 bridgehead atoms. The number of carbonyl (C=O) groups excluding carboxylic acids is 2. The van der Waals surface area contributed by atoms with Crippen LogP contribution in [0.3, 0.4) is 0 Å².